The van der Waals surface area contributed by atoms with Crippen LogP contribution in [0.1, 0.15) is 28.8 Å². The zero-order valence-electron chi connectivity index (χ0n) is 14.5. The van der Waals surface area contributed by atoms with Gasteiger partial charge in [0.1, 0.15) is 11.0 Å². The molecule has 1 saturated heterocycles. The standard InChI is InChI=1S/C20H21N3O2S/c24-20(17-8-9-18-19(11-17)22-26-21-18)23-10-4-7-16(12-23)14-25-13-15-5-2-1-3-6-15/h1-3,5-6,8-9,11,16H,4,7,10,12-14H2. The summed E-state index contributed by atoms with van der Waals surface area (Å²) < 4.78 is 14.3. The van der Waals surface area contributed by atoms with Crippen LogP contribution in [0.25, 0.3) is 11.0 Å². The van der Waals surface area contributed by atoms with Crippen LogP contribution in [0, 0.1) is 5.92 Å². The molecule has 1 fully saturated rings. The van der Waals surface area contributed by atoms with Crippen LogP contribution in [0.5, 0.6) is 0 Å². The zero-order valence-corrected chi connectivity index (χ0v) is 15.3. The summed E-state index contributed by atoms with van der Waals surface area (Å²) in [5, 5.41) is 0. The Kier molecular flexibility index (Phi) is 5.22. The second kappa shape index (κ2) is 7.93. The lowest BCUT2D eigenvalue weighted by atomic mass is 9.98. The third-order valence-corrected chi connectivity index (χ3v) is 5.33. The molecule has 4 rings (SSSR count). The van der Waals surface area contributed by atoms with Crippen molar-refractivity contribution in [2.45, 2.75) is 19.4 Å². The van der Waals surface area contributed by atoms with E-state index in [1.165, 1.54) is 17.3 Å². The van der Waals surface area contributed by atoms with Crippen LogP contribution in [0.2, 0.25) is 0 Å². The molecule has 3 aromatic rings. The fourth-order valence-corrected chi connectivity index (χ4v) is 3.92. The van der Waals surface area contributed by atoms with Crippen molar-refractivity contribution in [3.63, 3.8) is 0 Å². The van der Waals surface area contributed by atoms with E-state index in [0.717, 1.165) is 37.0 Å². The van der Waals surface area contributed by atoms with Crippen LogP contribution in [0.3, 0.4) is 0 Å². The smallest absolute Gasteiger partial charge is 0.253 e. The van der Waals surface area contributed by atoms with Gasteiger partial charge >= 0.3 is 0 Å². The predicted molar refractivity (Wildman–Crippen MR) is 102 cm³/mol. The van der Waals surface area contributed by atoms with Crippen molar-refractivity contribution in [3.8, 4) is 0 Å². The van der Waals surface area contributed by atoms with Crippen molar-refractivity contribution in [2.24, 2.45) is 5.92 Å². The molecule has 1 aliphatic heterocycles. The zero-order chi connectivity index (χ0) is 17.8. The number of nitrogens with zero attached hydrogens (tertiary/aromatic N) is 3. The van der Waals surface area contributed by atoms with E-state index < -0.39 is 0 Å². The molecule has 2 aromatic carbocycles. The third kappa shape index (κ3) is 3.92. The first kappa shape index (κ1) is 17.1. The van der Waals surface area contributed by atoms with Gasteiger partial charge in [-0.2, -0.15) is 8.75 Å². The fourth-order valence-electron chi connectivity index (χ4n) is 3.40. The van der Waals surface area contributed by atoms with Gasteiger partial charge in [0.25, 0.3) is 5.91 Å². The van der Waals surface area contributed by atoms with Crippen LogP contribution < -0.4 is 0 Å². The number of ether oxygens (including phenoxy) is 1. The summed E-state index contributed by atoms with van der Waals surface area (Å²) >= 11 is 1.18. The van der Waals surface area contributed by atoms with Gasteiger partial charge in [0.05, 0.1) is 24.9 Å². The summed E-state index contributed by atoms with van der Waals surface area (Å²) in [6.45, 7) is 2.87. The number of likely N-dealkylation sites (tertiary alicyclic amines) is 1. The third-order valence-electron chi connectivity index (χ3n) is 4.77. The molecule has 5 nitrogen and oxygen atoms in total. The van der Waals surface area contributed by atoms with E-state index in [9.17, 15) is 4.79 Å². The molecule has 1 atom stereocenters. The molecule has 134 valence electrons. The topological polar surface area (TPSA) is 55.3 Å². The molecule has 1 aliphatic rings. The van der Waals surface area contributed by atoms with Gasteiger partial charge in [0.2, 0.25) is 0 Å². The van der Waals surface area contributed by atoms with E-state index in [-0.39, 0.29) is 5.91 Å². The molecule has 0 saturated carbocycles. The molecule has 1 aromatic heterocycles. The molecule has 1 amide bonds. The Balaban J connectivity index is 1.34. The molecule has 0 spiro atoms. The van der Waals surface area contributed by atoms with E-state index in [0.29, 0.717) is 24.7 Å². The molecule has 1 unspecified atom stereocenters. The molecular weight excluding hydrogens is 346 g/mol. The largest absolute Gasteiger partial charge is 0.376 e. The van der Waals surface area contributed by atoms with Crippen LogP contribution in [-0.4, -0.2) is 39.3 Å². The van der Waals surface area contributed by atoms with Crippen molar-refractivity contribution in [1.29, 1.82) is 0 Å². The lowest BCUT2D eigenvalue weighted by Crippen LogP contribution is -2.41. The average Bonchev–Trinajstić information content (AvgIpc) is 3.16. The van der Waals surface area contributed by atoms with Gasteiger partial charge in [-0.1, -0.05) is 30.3 Å². The van der Waals surface area contributed by atoms with Gasteiger partial charge in [0, 0.05) is 18.7 Å². The summed E-state index contributed by atoms with van der Waals surface area (Å²) in [7, 11) is 0. The van der Waals surface area contributed by atoms with Crippen LogP contribution >= 0.6 is 11.7 Å². The summed E-state index contributed by atoms with van der Waals surface area (Å²) in [5.74, 6) is 0.466. The monoisotopic (exact) mass is 367 g/mol. The first-order valence-electron chi connectivity index (χ1n) is 8.93. The Hall–Kier alpha value is -2.31. The molecular formula is C20H21N3O2S. The molecule has 2 heterocycles. The number of hydrogen-bond acceptors (Lipinski definition) is 5. The predicted octanol–water partition coefficient (Wildman–Crippen LogP) is 3.76. The minimum atomic E-state index is 0.0765. The summed E-state index contributed by atoms with van der Waals surface area (Å²) in [6.07, 6.45) is 2.12. The van der Waals surface area contributed by atoms with Gasteiger partial charge < -0.3 is 9.64 Å². The lowest BCUT2D eigenvalue weighted by Gasteiger charge is -2.32. The normalized spacial score (nSPS) is 17.5. The van der Waals surface area contributed by atoms with E-state index >= 15 is 0 Å². The Labute approximate surface area is 156 Å². The highest BCUT2D eigenvalue weighted by Gasteiger charge is 2.25. The number of carbonyl (C=O) groups is 1. The quantitative estimate of drug-likeness (QED) is 0.689. The van der Waals surface area contributed by atoms with Gasteiger partial charge in [0.15, 0.2) is 0 Å². The maximum atomic E-state index is 12.8. The Bertz CT molecular complexity index is 881. The summed E-state index contributed by atoms with van der Waals surface area (Å²) in [4.78, 5) is 14.8. The number of carbonyl (C=O) groups excluding carboxylic acids is 1. The van der Waals surface area contributed by atoms with E-state index in [4.69, 9.17) is 4.74 Å². The first-order valence-corrected chi connectivity index (χ1v) is 9.66. The highest BCUT2D eigenvalue weighted by Crippen LogP contribution is 2.21. The van der Waals surface area contributed by atoms with Crippen molar-refractivity contribution in [3.05, 3.63) is 59.7 Å². The average molecular weight is 367 g/mol. The molecule has 0 aliphatic carbocycles. The number of hydrogen-bond donors (Lipinski definition) is 0. The summed E-state index contributed by atoms with van der Waals surface area (Å²) in [5.41, 5.74) is 3.51. The van der Waals surface area contributed by atoms with Crippen molar-refractivity contribution >= 4 is 28.7 Å². The highest BCUT2D eigenvalue weighted by molar-refractivity contribution is 7.00. The minimum absolute atomic E-state index is 0.0765. The maximum absolute atomic E-state index is 12.8. The van der Waals surface area contributed by atoms with E-state index in [1.54, 1.807) is 0 Å². The number of benzene rings is 2. The van der Waals surface area contributed by atoms with Crippen LogP contribution in [0.4, 0.5) is 0 Å². The SMILES string of the molecule is O=C(c1ccc2nsnc2c1)N1CCCC(COCc2ccccc2)C1. The van der Waals surface area contributed by atoms with Crippen molar-refractivity contribution < 1.29 is 9.53 Å². The highest BCUT2D eigenvalue weighted by atomic mass is 32.1. The molecule has 0 N–H and O–H groups in total. The Morgan fingerprint density at radius 3 is 2.88 bits per heavy atom. The van der Waals surface area contributed by atoms with E-state index in [1.807, 2.05) is 41.3 Å². The number of amides is 1. The van der Waals surface area contributed by atoms with Gasteiger partial charge in [-0.05, 0) is 42.5 Å². The van der Waals surface area contributed by atoms with Crippen LogP contribution in [0.15, 0.2) is 48.5 Å². The van der Waals surface area contributed by atoms with Gasteiger partial charge in [-0.25, -0.2) is 0 Å². The first-order chi connectivity index (χ1) is 12.8. The summed E-state index contributed by atoms with van der Waals surface area (Å²) in [6, 6.07) is 15.8. The Morgan fingerprint density at radius 2 is 2.00 bits per heavy atom. The van der Waals surface area contributed by atoms with Gasteiger partial charge in [-0.3, -0.25) is 4.79 Å². The van der Waals surface area contributed by atoms with Crippen LogP contribution in [-0.2, 0) is 11.3 Å². The van der Waals surface area contributed by atoms with E-state index in [2.05, 4.69) is 20.9 Å². The molecule has 0 radical (unpaired) electrons. The second-order valence-corrected chi connectivity index (χ2v) is 7.26. The van der Waals surface area contributed by atoms with Crippen molar-refractivity contribution in [1.82, 2.24) is 13.6 Å². The molecule has 0 bridgehead atoms. The number of rotatable bonds is 5. The second-order valence-electron chi connectivity index (χ2n) is 6.73. The molecule has 6 heteroatoms. The number of piperidine rings is 1. The maximum Gasteiger partial charge on any atom is 0.253 e. The lowest BCUT2D eigenvalue weighted by molar-refractivity contribution is 0.0426. The van der Waals surface area contributed by atoms with Gasteiger partial charge in [-0.15, -0.1) is 0 Å². The molecule has 26 heavy (non-hydrogen) atoms. The number of fused-ring (bicyclic) bond motifs is 1. The van der Waals surface area contributed by atoms with Crippen molar-refractivity contribution in [2.75, 3.05) is 19.7 Å². The fraction of sp³-hybridized carbons (Fsp3) is 0.350. The number of aromatic nitrogens is 2. The Morgan fingerprint density at radius 1 is 1.15 bits per heavy atom. The minimum Gasteiger partial charge on any atom is -0.376 e.